The summed E-state index contributed by atoms with van der Waals surface area (Å²) in [4.78, 5) is 11.7. The second-order valence-corrected chi connectivity index (χ2v) is 11.2. The Hall–Kier alpha value is -3.48. The van der Waals surface area contributed by atoms with Gasteiger partial charge >= 0.3 is 0 Å². The zero-order chi connectivity index (χ0) is 27.2. The lowest BCUT2D eigenvalue weighted by molar-refractivity contribution is 0.220. The SMILES string of the molecule is C[C@H](CNCC1CCC(Nc2nc(N(C)C)c3ccccc3n2)CC1)c1cccc(C(O)c2ccccc2)c1. The number of aromatic nitrogens is 2. The van der Waals surface area contributed by atoms with Crippen LogP contribution in [0.5, 0.6) is 0 Å². The summed E-state index contributed by atoms with van der Waals surface area (Å²) in [5, 5.41) is 19.2. The topological polar surface area (TPSA) is 73.3 Å². The fourth-order valence-corrected chi connectivity index (χ4v) is 5.64. The fourth-order valence-electron chi connectivity index (χ4n) is 5.64. The summed E-state index contributed by atoms with van der Waals surface area (Å²) in [5.41, 5.74) is 4.11. The number of hydrogen-bond acceptors (Lipinski definition) is 6. The monoisotopic (exact) mass is 523 g/mol. The molecule has 0 aliphatic heterocycles. The zero-order valence-corrected chi connectivity index (χ0v) is 23.3. The molecule has 0 radical (unpaired) electrons. The molecule has 5 rings (SSSR count). The Labute approximate surface area is 232 Å². The van der Waals surface area contributed by atoms with Crippen molar-refractivity contribution in [3.05, 3.63) is 95.6 Å². The van der Waals surface area contributed by atoms with E-state index >= 15 is 0 Å². The molecule has 4 aromatic rings. The number of nitrogens with zero attached hydrogens (tertiary/aromatic N) is 3. The van der Waals surface area contributed by atoms with Crippen molar-refractivity contribution in [2.45, 2.75) is 50.7 Å². The van der Waals surface area contributed by atoms with Crippen molar-refractivity contribution in [3.8, 4) is 0 Å². The normalized spacial score (nSPS) is 19.0. The van der Waals surface area contributed by atoms with Crippen molar-refractivity contribution in [1.82, 2.24) is 15.3 Å². The molecular formula is C33H41N5O. The first-order chi connectivity index (χ1) is 19.0. The molecule has 0 bridgehead atoms. The average molecular weight is 524 g/mol. The predicted molar refractivity (Wildman–Crippen MR) is 161 cm³/mol. The molecule has 1 fully saturated rings. The molecule has 2 atom stereocenters. The highest BCUT2D eigenvalue weighted by atomic mass is 16.3. The highest BCUT2D eigenvalue weighted by Gasteiger charge is 2.22. The zero-order valence-electron chi connectivity index (χ0n) is 23.3. The van der Waals surface area contributed by atoms with Gasteiger partial charge in [0.1, 0.15) is 11.9 Å². The number of rotatable bonds is 10. The molecule has 39 heavy (non-hydrogen) atoms. The van der Waals surface area contributed by atoms with Crippen LogP contribution in [0.4, 0.5) is 11.8 Å². The lowest BCUT2D eigenvalue weighted by Crippen LogP contribution is -2.33. The summed E-state index contributed by atoms with van der Waals surface area (Å²) in [7, 11) is 4.06. The van der Waals surface area contributed by atoms with Crippen LogP contribution in [0.15, 0.2) is 78.9 Å². The van der Waals surface area contributed by atoms with Gasteiger partial charge in [0, 0.05) is 32.1 Å². The van der Waals surface area contributed by atoms with Gasteiger partial charge in [0.25, 0.3) is 0 Å². The quantitative estimate of drug-likeness (QED) is 0.232. The Balaban J connectivity index is 1.09. The van der Waals surface area contributed by atoms with Crippen molar-refractivity contribution in [3.63, 3.8) is 0 Å². The molecule has 0 amide bonds. The second kappa shape index (κ2) is 12.6. The third-order valence-electron chi connectivity index (χ3n) is 7.98. The summed E-state index contributed by atoms with van der Waals surface area (Å²) < 4.78 is 0. The molecule has 1 heterocycles. The van der Waals surface area contributed by atoms with Gasteiger partial charge in [-0.25, -0.2) is 4.98 Å². The van der Waals surface area contributed by atoms with E-state index < -0.39 is 6.10 Å². The van der Waals surface area contributed by atoms with Crippen molar-refractivity contribution >= 4 is 22.7 Å². The largest absolute Gasteiger partial charge is 0.384 e. The van der Waals surface area contributed by atoms with E-state index in [9.17, 15) is 5.11 Å². The van der Waals surface area contributed by atoms with Crippen LogP contribution in [0, 0.1) is 5.92 Å². The van der Waals surface area contributed by atoms with Gasteiger partial charge < -0.3 is 20.6 Å². The molecule has 1 saturated carbocycles. The number of aliphatic hydroxyl groups is 1. The Morgan fingerprint density at radius 1 is 0.846 bits per heavy atom. The third-order valence-corrected chi connectivity index (χ3v) is 7.98. The van der Waals surface area contributed by atoms with Crippen LogP contribution in [0.2, 0.25) is 0 Å². The van der Waals surface area contributed by atoms with E-state index in [-0.39, 0.29) is 0 Å². The van der Waals surface area contributed by atoms with E-state index in [0.29, 0.717) is 17.9 Å². The van der Waals surface area contributed by atoms with Crippen LogP contribution in [0.1, 0.15) is 61.3 Å². The minimum absolute atomic E-state index is 0.377. The van der Waals surface area contributed by atoms with Gasteiger partial charge in [-0.3, -0.25) is 0 Å². The Bertz CT molecular complexity index is 1350. The molecule has 1 aromatic heterocycles. The van der Waals surface area contributed by atoms with Crippen LogP contribution in [0.25, 0.3) is 10.9 Å². The number of aliphatic hydroxyl groups excluding tert-OH is 1. The Kier molecular flexibility index (Phi) is 8.74. The summed E-state index contributed by atoms with van der Waals surface area (Å²) in [6, 6.07) is 26.9. The Morgan fingerprint density at radius 2 is 1.54 bits per heavy atom. The number of para-hydroxylation sites is 1. The van der Waals surface area contributed by atoms with Crippen molar-refractivity contribution in [2.75, 3.05) is 37.4 Å². The highest BCUT2D eigenvalue weighted by Crippen LogP contribution is 2.29. The summed E-state index contributed by atoms with van der Waals surface area (Å²) in [5.74, 6) is 2.75. The summed E-state index contributed by atoms with van der Waals surface area (Å²) >= 11 is 0. The van der Waals surface area contributed by atoms with Gasteiger partial charge in [-0.2, -0.15) is 4.98 Å². The smallest absolute Gasteiger partial charge is 0.225 e. The van der Waals surface area contributed by atoms with Crippen LogP contribution in [-0.4, -0.2) is 48.3 Å². The van der Waals surface area contributed by atoms with Gasteiger partial charge in [0.2, 0.25) is 5.95 Å². The van der Waals surface area contributed by atoms with Crippen LogP contribution >= 0.6 is 0 Å². The maximum Gasteiger partial charge on any atom is 0.225 e. The lowest BCUT2D eigenvalue weighted by Gasteiger charge is -2.30. The lowest BCUT2D eigenvalue weighted by atomic mass is 9.86. The second-order valence-electron chi connectivity index (χ2n) is 11.2. The van der Waals surface area contributed by atoms with E-state index in [1.165, 1.54) is 18.4 Å². The molecule has 3 N–H and O–H groups in total. The van der Waals surface area contributed by atoms with Gasteiger partial charge in [-0.1, -0.05) is 73.7 Å². The average Bonchev–Trinajstić information content (AvgIpc) is 2.97. The maximum atomic E-state index is 10.8. The van der Waals surface area contributed by atoms with E-state index in [0.717, 1.165) is 59.7 Å². The number of hydrogen-bond donors (Lipinski definition) is 3. The van der Waals surface area contributed by atoms with Gasteiger partial charge in [-0.15, -0.1) is 0 Å². The van der Waals surface area contributed by atoms with Gasteiger partial charge in [0.15, 0.2) is 0 Å². The molecular weight excluding hydrogens is 482 g/mol. The fraction of sp³-hybridized carbons (Fsp3) is 0.394. The van der Waals surface area contributed by atoms with E-state index in [1.807, 2.05) is 62.6 Å². The number of fused-ring (bicyclic) bond motifs is 1. The Morgan fingerprint density at radius 3 is 2.31 bits per heavy atom. The van der Waals surface area contributed by atoms with Crippen molar-refractivity contribution in [1.29, 1.82) is 0 Å². The van der Waals surface area contributed by atoms with Crippen molar-refractivity contribution in [2.24, 2.45) is 5.92 Å². The number of nitrogens with one attached hydrogen (secondary N) is 2. The highest BCUT2D eigenvalue weighted by molar-refractivity contribution is 5.90. The van der Waals surface area contributed by atoms with E-state index in [4.69, 9.17) is 9.97 Å². The first-order valence-corrected chi connectivity index (χ1v) is 14.2. The summed E-state index contributed by atoms with van der Waals surface area (Å²) in [6.07, 6.45) is 4.08. The van der Waals surface area contributed by atoms with E-state index in [1.54, 1.807) is 0 Å². The first-order valence-electron chi connectivity index (χ1n) is 14.2. The van der Waals surface area contributed by atoms with E-state index in [2.05, 4.69) is 52.8 Å². The number of anilines is 2. The van der Waals surface area contributed by atoms with Crippen molar-refractivity contribution < 1.29 is 5.11 Å². The van der Waals surface area contributed by atoms with Gasteiger partial charge in [0.05, 0.1) is 5.52 Å². The molecule has 0 saturated heterocycles. The molecule has 6 nitrogen and oxygen atoms in total. The maximum absolute atomic E-state index is 10.8. The molecule has 6 heteroatoms. The standard InChI is InChI=1S/C33H41N5O/c1-23(26-12-9-13-27(20-26)31(39)25-10-5-4-6-11-25)21-34-22-24-16-18-28(19-17-24)35-33-36-30-15-8-7-14-29(30)32(37-33)38(2)3/h4-15,20,23-24,28,31,34,39H,16-19,21-22H2,1-3H3,(H,35,36,37)/t23-,24?,28?,31?/m1/s1. The van der Waals surface area contributed by atoms with Gasteiger partial charge in [-0.05, 0) is 72.9 Å². The predicted octanol–water partition coefficient (Wildman–Crippen LogP) is 6.14. The third kappa shape index (κ3) is 6.75. The minimum atomic E-state index is -0.593. The molecule has 0 spiro atoms. The molecule has 1 unspecified atom stereocenters. The first kappa shape index (κ1) is 27.1. The molecule has 1 aliphatic carbocycles. The molecule has 1 aliphatic rings. The van der Waals surface area contributed by atoms with Crippen LogP contribution in [-0.2, 0) is 0 Å². The molecule has 204 valence electrons. The molecule has 3 aromatic carbocycles. The van der Waals surface area contributed by atoms with Crippen LogP contribution < -0.4 is 15.5 Å². The van der Waals surface area contributed by atoms with Crippen LogP contribution in [0.3, 0.4) is 0 Å². The minimum Gasteiger partial charge on any atom is -0.384 e. The number of benzene rings is 3. The summed E-state index contributed by atoms with van der Waals surface area (Å²) in [6.45, 7) is 4.23.